The first-order valence-corrected chi connectivity index (χ1v) is 9.47. The lowest BCUT2D eigenvalue weighted by Crippen LogP contribution is -2.59. The van der Waals surface area contributed by atoms with Crippen molar-refractivity contribution >= 4 is 34.0 Å². The van der Waals surface area contributed by atoms with Crippen molar-refractivity contribution < 1.29 is 12.8 Å². The molecule has 1 saturated carbocycles. The summed E-state index contributed by atoms with van der Waals surface area (Å²) < 4.78 is 40.9. The van der Waals surface area contributed by atoms with E-state index in [-0.39, 0.29) is 35.6 Å². The van der Waals surface area contributed by atoms with E-state index in [2.05, 4.69) is 4.72 Å². The average molecular weight is 385 g/mol. The second-order valence-electron chi connectivity index (χ2n) is 6.12. The van der Waals surface area contributed by atoms with Crippen LogP contribution in [0.2, 0.25) is 5.02 Å². The summed E-state index contributed by atoms with van der Waals surface area (Å²) in [6.45, 7) is 2.31. The highest BCUT2D eigenvalue weighted by molar-refractivity contribution is 7.88. The van der Waals surface area contributed by atoms with E-state index in [0.29, 0.717) is 5.56 Å². The quantitative estimate of drug-likeness (QED) is 0.818. The number of benzene rings is 1. The number of hydrogen-bond acceptors (Lipinski definition) is 3. The molecule has 0 saturated heterocycles. The number of rotatable bonds is 5. The van der Waals surface area contributed by atoms with Gasteiger partial charge < -0.3 is 5.73 Å². The van der Waals surface area contributed by atoms with Crippen molar-refractivity contribution in [2.75, 3.05) is 6.54 Å². The fourth-order valence-electron chi connectivity index (χ4n) is 3.10. The summed E-state index contributed by atoms with van der Waals surface area (Å²) in [5, 5.41) is -0.0766. The summed E-state index contributed by atoms with van der Waals surface area (Å²) >= 11 is 5.70. The van der Waals surface area contributed by atoms with E-state index < -0.39 is 21.4 Å². The van der Waals surface area contributed by atoms with Gasteiger partial charge in [-0.3, -0.25) is 0 Å². The molecule has 1 aromatic carbocycles. The Kier molecular flexibility index (Phi) is 7.29. The molecule has 3 N–H and O–H groups in total. The third-order valence-electron chi connectivity index (χ3n) is 4.52. The van der Waals surface area contributed by atoms with Crippen LogP contribution in [-0.2, 0) is 15.8 Å². The van der Waals surface area contributed by atoms with E-state index >= 15 is 0 Å². The van der Waals surface area contributed by atoms with Gasteiger partial charge in [-0.15, -0.1) is 12.4 Å². The molecule has 0 bridgehead atoms. The zero-order chi connectivity index (χ0) is 16.4. The lowest BCUT2D eigenvalue weighted by molar-refractivity contribution is 0.191. The first-order valence-electron chi connectivity index (χ1n) is 7.44. The van der Waals surface area contributed by atoms with Crippen LogP contribution in [-0.4, -0.2) is 20.5 Å². The van der Waals surface area contributed by atoms with Crippen LogP contribution in [0, 0.1) is 11.7 Å². The Morgan fingerprint density at radius 3 is 2.70 bits per heavy atom. The highest BCUT2D eigenvalue weighted by atomic mass is 35.5. The molecular weight excluding hydrogens is 362 g/mol. The summed E-state index contributed by atoms with van der Waals surface area (Å²) in [6.07, 6.45) is 3.76. The predicted octanol–water partition coefficient (Wildman–Crippen LogP) is 3.23. The molecule has 0 spiro atoms. The van der Waals surface area contributed by atoms with Crippen LogP contribution in [0.5, 0.6) is 0 Å². The summed E-state index contributed by atoms with van der Waals surface area (Å²) in [5.41, 5.74) is 5.75. The van der Waals surface area contributed by atoms with Crippen LogP contribution < -0.4 is 10.5 Å². The van der Waals surface area contributed by atoms with Crippen LogP contribution in [0.4, 0.5) is 4.39 Å². The molecule has 1 aliphatic rings. The first-order chi connectivity index (χ1) is 10.3. The van der Waals surface area contributed by atoms with E-state index in [9.17, 15) is 12.8 Å². The summed E-state index contributed by atoms with van der Waals surface area (Å²) in [6, 6.07) is 3.95. The van der Waals surface area contributed by atoms with Crippen LogP contribution in [0.3, 0.4) is 0 Å². The largest absolute Gasteiger partial charge is 0.329 e. The van der Waals surface area contributed by atoms with Gasteiger partial charge in [-0.1, -0.05) is 37.4 Å². The molecule has 1 aliphatic carbocycles. The van der Waals surface area contributed by atoms with Crippen molar-refractivity contribution in [3.8, 4) is 0 Å². The smallest absolute Gasteiger partial charge is 0.216 e. The molecule has 0 aromatic heterocycles. The Morgan fingerprint density at radius 2 is 2.13 bits per heavy atom. The molecule has 8 heteroatoms. The molecule has 23 heavy (non-hydrogen) atoms. The minimum Gasteiger partial charge on any atom is -0.329 e. The Bertz CT molecular complexity index is 642. The van der Waals surface area contributed by atoms with Crippen LogP contribution in [0.1, 0.15) is 38.2 Å². The lowest BCUT2D eigenvalue weighted by atomic mass is 9.74. The maximum absolute atomic E-state index is 13.2. The highest BCUT2D eigenvalue weighted by Crippen LogP contribution is 2.33. The fraction of sp³-hybridized carbons (Fsp3) is 0.600. The SMILES string of the molecule is CC1CCCCC1(CN)NS(=O)(=O)Cc1ccc(F)c(Cl)c1.Cl. The molecule has 4 nitrogen and oxygen atoms in total. The number of nitrogens with two attached hydrogens (primary N) is 1. The van der Waals surface area contributed by atoms with Gasteiger partial charge in [-0.25, -0.2) is 17.5 Å². The first kappa shape index (κ1) is 20.6. The topological polar surface area (TPSA) is 72.2 Å². The van der Waals surface area contributed by atoms with Crippen LogP contribution >= 0.6 is 24.0 Å². The molecular formula is C15H23Cl2FN2O2S. The number of hydrogen-bond donors (Lipinski definition) is 2. The summed E-state index contributed by atoms with van der Waals surface area (Å²) in [4.78, 5) is 0. The monoisotopic (exact) mass is 384 g/mol. The fourth-order valence-corrected chi connectivity index (χ4v) is 5.00. The van der Waals surface area contributed by atoms with Gasteiger partial charge in [-0.05, 0) is 36.5 Å². The molecule has 0 amide bonds. The second kappa shape index (κ2) is 8.12. The molecule has 2 atom stereocenters. The van der Waals surface area contributed by atoms with Crippen LogP contribution in [0.25, 0.3) is 0 Å². The number of sulfonamides is 1. The van der Waals surface area contributed by atoms with Crippen molar-refractivity contribution in [1.82, 2.24) is 4.72 Å². The highest BCUT2D eigenvalue weighted by Gasteiger charge is 2.40. The Labute approximate surface area is 148 Å². The normalized spacial score (nSPS) is 25.0. The van der Waals surface area contributed by atoms with Gasteiger partial charge in [-0.2, -0.15) is 0 Å². The van der Waals surface area contributed by atoms with E-state index in [0.717, 1.165) is 25.7 Å². The number of halogens is 3. The van der Waals surface area contributed by atoms with E-state index in [1.807, 2.05) is 6.92 Å². The molecule has 0 aliphatic heterocycles. The maximum atomic E-state index is 13.2. The molecule has 2 rings (SSSR count). The van der Waals surface area contributed by atoms with Gasteiger partial charge in [0.15, 0.2) is 0 Å². The minimum absolute atomic E-state index is 0. The average Bonchev–Trinajstić information content (AvgIpc) is 2.45. The van der Waals surface area contributed by atoms with Gasteiger partial charge in [0.05, 0.1) is 10.8 Å². The number of nitrogens with one attached hydrogen (secondary N) is 1. The second-order valence-corrected chi connectivity index (χ2v) is 8.25. The van der Waals surface area contributed by atoms with Gasteiger partial charge in [0.1, 0.15) is 5.82 Å². The van der Waals surface area contributed by atoms with E-state index in [4.69, 9.17) is 17.3 Å². The van der Waals surface area contributed by atoms with Gasteiger partial charge in [0.25, 0.3) is 0 Å². The third-order valence-corrected chi connectivity index (χ3v) is 6.24. The molecule has 1 fully saturated rings. The van der Waals surface area contributed by atoms with E-state index in [1.54, 1.807) is 0 Å². The van der Waals surface area contributed by atoms with Crippen molar-refractivity contribution in [1.29, 1.82) is 0 Å². The lowest BCUT2D eigenvalue weighted by Gasteiger charge is -2.42. The van der Waals surface area contributed by atoms with Crippen molar-refractivity contribution in [3.63, 3.8) is 0 Å². The molecule has 0 heterocycles. The zero-order valence-electron chi connectivity index (χ0n) is 13.0. The van der Waals surface area contributed by atoms with Crippen molar-refractivity contribution in [2.45, 2.75) is 43.9 Å². The summed E-state index contributed by atoms with van der Waals surface area (Å²) in [7, 11) is -3.58. The molecule has 0 radical (unpaired) electrons. The van der Waals surface area contributed by atoms with Gasteiger partial charge >= 0.3 is 0 Å². The van der Waals surface area contributed by atoms with Crippen LogP contribution in [0.15, 0.2) is 18.2 Å². The maximum Gasteiger partial charge on any atom is 0.216 e. The van der Waals surface area contributed by atoms with E-state index in [1.165, 1.54) is 18.2 Å². The Balaban J connectivity index is 0.00000264. The third kappa shape index (κ3) is 5.03. The molecule has 2 unspecified atom stereocenters. The Hall–Kier alpha value is -0.400. The Morgan fingerprint density at radius 1 is 1.43 bits per heavy atom. The van der Waals surface area contributed by atoms with Gasteiger partial charge in [0, 0.05) is 12.1 Å². The predicted molar refractivity (Wildman–Crippen MR) is 93.8 cm³/mol. The molecule has 1 aromatic rings. The summed E-state index contributed by atoms with van der Waals surface area (Å²) in [5.74, 6) is -0.602. The zero-order valence-corrected chi connectivity index (χ0v) is 15.4. The molecule has 132 valence electrons. The van der Waals surface area contributed by atoms with Crippen molar-refractivity contribution in [3.05, 3.63) is 34.6 Å². The standard InChI is InChI=1S/C15H22ClFN2O2S.ClH/c1-11-4-2-3-7-15(11,10-18)19-22(20,21)9-12-5-6-14(17)13(16)8-12;/h5-6,8,11,19H,2-4,7,9-10,18H2,1H3;1H. The van der Waals surface area contributed by atoms with Gasteiger partial charge in [0.2, 0.25) is 10.0 Å². The minimum atomic E-state index is -3.58. The van der Waals surface area contributed by atoms with Crippen molar-refractivity contribution in [2.24, 2.45) is 11.7 Å².